The van der Waals surface area contributed by atoms with E-state index in [2.05, 4.69) is 15.1 Å². The van der Waals surface area contributed by atoms with Crippen molar-refractivity contribution >= 4 is 11.6 Å². The molecule has 3 fully saturated rings. The van der Waals surface area contributed by atoms with Crippen LogP contribution in [0, 0.1) is 0 Å². The topological polar surface area (TPSA) is 63.5 Å². The van der Waals surface area contributed by atoms with Gasteiger partial charge in [-0.2, -0.15) is 13.2 Å². The molecule has 0 saturated carbocycles. The van der Waals surface area contributed by atoms with Gasteiger partial charge in [0.15, 0.2) is 12.0 Å². The third-order valence-electron chi connectivity index (χ3n) is 9.53. The molecule has 0 radical (unpaired) electrons. The largest absolute Gasteiger partial charge is 0.416 e. The van der Waals surface area contributed by atoms with Crippen molar-refractivity contribution in [3.63, 3.8) is 0 Å². The van der Waals surface area contributed by atoms with Gasteiger partial charge in [-0.3, -0.25) is 9.69 Å². The fourth-order valence-electron chi connectivity index (χ4n) is 7.25. The number of halogens is 4. The van der Waals surface area contributed by atoms with Crippen molar-refractivity contribution in [2.75, 3.05) is 18.1 Å². The number of carbonyl (C=O) groups excluding carboxylic acids is 1. The Kier molecular flexibility index (Phi) is 6.24. The number of aromatic nitrogens is 3. The van der Waals surface area contributed by atoms with E-state index in [4.69, 9.17) is 4.74 Å². The number of ether oxygens (including phenoxy) is 1. The van der Waals surface area contributed by atoms with E-state index < -0.39 is 29.2 Å². The molecule has 4 aliphatic rings. The minimum Gasteiger partial charge on any atom is -0.379 e. The first-order chi connectivity index (χ1) is 19.7. The zero-order valence-corrected chi connectivity index (χ0v) is 22.7. The number of anilines is 1. The fourth-order valence-corrected chi connectivity index (χ4v) is 7.25. The maximum atomic E-state index is 15.9. The van der Waals surface area contributed by atoms with Crippen LogP contribution in [0.25, 0.3) is 0 Å². The lowest BCUT2D eigenvalue weighted by atomic mass is 9.74. The number of alkyl halides is 4. The van der Waals surface area contributed by atoms with Crippen molar-refractivity contribution in [2.45, 2.75) is 75.0 Å². The lowest BCUT2D eigenvalue weighted by Gasteiger charge is -2.43. The number of piperidine rings is 1. The van der Waals surface area contributed by atoms with Crippen molar-refractivity contribution in [3.8, 4) is 0 Å². The van der Waals surface area contributed by atoms with Gasteiger partial charge in [0, 0.05) is 36.9 Å². The van der Waals surface area contributed by atoms with E-state index >= 15 is 4.39 Å². The standard InChI is InChI=1S/C30H31F4N5O2/c1-37-17-35-36-27(37)26(31)29(15-41-16-29)19-4-2-7-22(12-19)39-14-24-23(28(39)40)10-18(11-25(24)30(32,33)34)13-38-20-5-3-6-21(38)9-8-20/h2,4,7,10-12,17,20-21,26H,3,5-6,8-9,13-16H2,1H3/t20-,21-,26+/m1/s1. The zero-order valence-electron chi connectivity index (χ0n) is 22.7. The molecule has 3 aromatic rings. The zero-order chi connectivity index (χ0) is 28.5. The van der Waals surface area contributed by atoms with Gasteiger partial charge >= 0.3 is 6.18 Å². The first kappa shape index (κ1) is 26.6. The van der Waals surface area contributed by atoms with E-state index in [-0.39, 0.29) is 36.7 Å². The van der Waals surface area contributed by atoms with Gasteiger partial charge in [0.25, 0.3) is 5.91 Å². The van der Waals surface area contributed by atoms with Crippen LogP contribution in [0.1, 0.15) is 76.7 Å². The van der Waals surface area contributed by atoms with E-state index in [0.717, 1.165) is 32.1 Å². The number of benzene rings is 2. The number of hydrogen-bond donors (Lipinski definition) is 0. The highest BCUT2D eigenvalue weighted by Crippen LogP contribution is 2.47. The molecule has 2 aromatic carbocycles. The second-order valence-corrected chi connectivity index (χ2v) is 11.9. The maximum Gasteiger partial charge on any atom is 0.416 e. The van der Waals surface area contributed by atoms with E-state index in [1.165, 1.54) is 21.9 Å². The van der Waals surface area contributed by atoms with Gasteiger partial charge in [0.2, 0.25) is 0 Å². The minimum atomic E-state index is -4.59. The van der Waals surface area contributed by atoms with Gasteiger partial charge in [-0.05, 0) is 66.6 Å². The van der Waals surface area contributed by atoms with Crippen LogP contribution in [0.15, 0.2) is 42.7 Å². The summed E-state index contributed by atoms with van der Waals surface area (Å²) < 4.78 is 65.9. The molecule has 4 aliphatic heterocycles. The number of carbonyl (C=O) groups is 1. The fraction of sp³-hybridized carbons (Fsp3) is 0.500. The highest BCUT2D eigenvalue weighted by Gasteiger charge is 2.51. The Morgan fingerprint density at radius 2 is 1.85 bits per heavy atom. The number of rotatable bonds is 6. The lowest BCUT2D eigenvalue weighted by molar-refractivity contribution is -0.138. The molecule has 7 nitrogen and oxygen atoms in total. The molecule has 5 heterocycles. The molecule has 2 bridgehead atoms. The smallest absolute Gasteiger partial charge is 0.379 e. The van der Waals surface area contributed by atoms with Crippen LogP contribution in [0.5, 0.6) is 0 Å². The Morgan fingerprint density at radius 3 is 2.49 bits per heavy atom. The summed E-state index contributed by atoms with van der Waals surface area (Å²) in [6, 6.07) is 10.5. The minimum absolute atomic E-state index is 0.0117. The summed E-state index contributed by atoms with van der Waals surface area (Å²) in [5, 5.41) is 7.72. The summed E-state index contributed by atoms with van der Waals surface area (Å²) in [5.74, 6) is -0.317. The van der Waals surface area contributed by atoms with Gasteiger partial charge in [-0.25, -0.2) is 4.39 Å². The van der Waals surface area contributed by atoms with Crippen molar-refractivity contribution in [2.24, 2.45) is 7.05 Å². The Morgan fingerprint density at radius 1 is 1.10 bits per heavy atom. The quantitative estimate of drug-likeness (QED) is 0.368. The predicted octanol–water partition coefficient (Wildman–Crippen LogP) is 5.49. The van der Waals surface area contributed by atoms with Crippen LogP contribution >= 0.6 is 0 Å². The summed E-state index contributed by atoms with van der Waals surface area (Å²) in [6.45, 7) is 0.432. The molecule has 0 spiro atoms. The van der Waals surface area contributed by atoms with Crippen LogP contribution in [-0.2, 0) is 36.5 Å². The number of aryl methyl sites for hydroxylation is 1. The Hall–Kier alpha value is -3.31. The monoisotopic (exact) mass is 569 g/mol. The van der Waals surface area contributed by atoms with Crippen LogP contribution in [-0.4, -0.2) is 50.9 Å². The summed E-state index contributed by atoms with van der Waals surface area (Å²) >= 11 is 0. The maximum absolute atomic E-state index is 15.9. The molecule has 0 aliphatic carbocycles. The first-order valence-electron chi connectivity index (χ1n) is 14.1. The Labute approximate surface area is 235 Å². The van der Waals surface area contributed by atoms with Crippen molar-refractivity contribution < 1.29 is 27.1 Å². The number of hydrogen-bond acceptors (Lipinski definition) is 5. The van der Waals surface area contributed by atoms with Crippen LogP contribution in [0.3, 0.4) is 0 Å². The Bertz CT molecular complexity index is 1480. The van der Waals surface area contributed by atoms with Crippen LogP contribution in [0.4, 0.5) is 23.2 Å². The average Bonchev–Trinajstić information content (AvgIpc) is 3.54. The molecule has 7 rings (SSSR count). The summed E-state index contributed by atoms with van der Waals surface area (Å²) in [4.78, 5) is 17.4. The van der Waals surface area contributed by atoms with Gasteiger partial charge in [0.1, 0.15) is 6.33 Å². The predicted molar refractivity (Wildman–Crippen MR) is 142 cm³/mol. The first-order valence-corrected chi connectivity index (χ1v) is 14.1. The normalized spacial score (nSPS) is 24.4. The molecule has 3 saturated heterocycles. The third kappa shape index (κ3) is 4.27. The highest BCUT2D eigenvalue weighted by molar-refractivity contribution is 6.10. The van der Waals surface area contributed by atoms with Gasteiger partial charge in [0.05, 0.1) is 30.7 Å². The summed E-state index contributed by atoms with van der Waals surface area (Å²) in [7, 11) is 1.66. The van der Waals surface area contributed by atoms with Gasteiger partial charge < -0.3 is 14.2 Å². The van der Waals surface area contributed by atoms with Crippen molar-refractivity contribution in [3.05, 3.63) is 76.4 Å². The molecular formula is C30H31F4N5O2. The number of amides is 1. The number of fused-ring (bicyclic) bond motifs is 3. The van der Waals surface area contributed by atoms with E-state index in [9.17, 15) is 18.0 Å². The van der Waals surface area contributed by atoms with Crippen LogP contribution in [0.2, 0.25) is 0 Å². The molecule has 3 atom stereocenters. The second-order valence-electron chi connectivity index (χ2n) is 11.9. The molecule has 41 heavy (non-hydrogen) atoms. The second kappa shape index (κ2) is 9.62. The molecule has 1 aromatic heterocycles. The van der Waals surface area contributed by atoms with Gasteiger partial charge in [-0.15, -0.1) is 10.2 Å². The SMILES string of the molecule is Cn1cnnc1[C@H](F)C1(c2cccc(N3Cc4c(cc(CN5[C@@H]6CCC[C@@H]5CC6)cc4C(F)(F)F)C3=O)c2)COC1. The molecule has 1 amide bonds. The van der Waals surface area contributed by atoms with Crippen molar-refractivity contribution in [1.82, 2.24) is 19.7 Å². The van der Waals surface area contributed by atoms with Gasteiger partial charge in [-0.1, -0.05) is 18.6 Å². The summed E-state index contributed by atoms with van der Waals surface area (Å²) in [6.07, 6.45) is 0.763. The highest BCUT2D eigenvalue weighted by atomic mass is 19.4. The van der Waals surface area contributed by atoms with Crippen LogP contribution < -0.4 is 4.90 Å². The van der Waals surface area contributed by atoms with Crippen molar-refractivity contribution in [1.29, 1.82) is 0 Å². The van der Waals surface area contributed by atoms with E-state index in [1.807, 2.05) is 0 Å². The molecular weight excluding hydrogens is 538 g/mol. The molecule has 0 unspecified atom stereocenters. The summed E-state index contributed by atoms with van der Waals surface area (Å²) in [5.41, 5.74) is -0.174. The lowest BCUT2D eigenvalue weighted by Crippen LogP contribution is -2.50. The third-order valence-corrected chi connectivity index (χ3v) is 9.53. The van der Waals surface area contributed by atoms with E-state index in [0.29, 0.717) is 35.4 Å². The molecule has 0 N–H and O–H groups in total. The number of nitrogens with zero attached hydrogens (tertiary/aromatic N) is 5. The molecule has 11 heteroatoms. The Balaban J connectivity index is 1.21. The average molecular weight is 570 g/mol. The molecule has 216 valence electrons. The van der Waals surface area contributed by atoms with E-state index in [1.54, 1.807) is 37.4 Å².